The van der Waals surface area contributed by atoms with E-state index in [1.807, 2.05) is 24.4 Å². The first-order chi connectivity index (χ1) is 12.4. The molecule has 0 radical (unpaired) electrons. The summed E-state index contributed by atoms with van der Waals surface area (Å²) in [4.78, 5) is 4.54. The fraction of sp³-hybridized carbons (Fsp3) is 0.476. The van der Waals surface area contributed by atoms with Crippen LogP contribution in [0.1, 0.15) is 49.0 Å². The van der Waals surface area contributed by atoms with Crippen LogP contribution in [0.4, 0.5) is 0 Å². The molecule has 4 heteroatoms. The highest BCUT2D eigenvalue weighted by molar-refractivity contribution is 5.37. The molecule has 2 fully saturated rings. The van der Waals surface area contributed by atoms with Crippen molar-refractivity contribution in [1.29, 1.82) is 0 Å². The second-order valence-electron chi connectivity index (χ2n) is 6.93. The lowest BCUT2D eigenvalue weighted by Crippen LogP contribution is -2.43. The maximum absolute atomic E-state index is 6.56. The molecule has 2 aliphatic rings. The molecule has 1 saturated heterocycles. The second-order valence-corrected chi connectivity index (χ2v) is 6.93. The normalized spacial score (nSPS) is 22.6. The minimum atomic E-state index is -0.198. The van der Waals surface area contributed by atoms with Crippen molar-refractivity contribution in [3.05, 3.63) is 59.9 Å². The summed E-state index contributed by atoms with van der Waals surface area (Å²) >= 11 is 0. The van der Waals surface area contributed by atoms with Gasteiger partial charge < -0.3 is 14.8 Å². The highest BCUT2D eigenvalue weighted by atomic mass is 16.5. The van der Waals surface area contributed by atoms with Crippen LogP contribution in [-0.2, 0) is 4.74 Å². The van der Waals surface area contributed by atoms with E-state index in [-0.39, 0.29) is 12.2 Å². The van der Waals surface area contributed by atoms with Gasteiger partial charge >= 0.3 is 0 Å². The summed E-state index contributed by atoms with van der Waals surface area (Å²) in [5.74, 6) is 1.60. The molecule has 4 nitrogen and oxygen atoms in total. The standard InChI is InChI=1S/C21H26N2O2/c1-2-8-16(7-1)17-9-3-4-11-19(17)25-21(18-10-5-6-12-23-18)20-15-22-13-14-24-20/h3-6,9-12,16,20-22H,1-2,7-8,13-15H2. The Morgan fingerprint density at radius 1 is 1.08 bits per heavy atom. The van der Waals surface area contributed by atoms with E-state index in [0.29, 0.717) is 12.5 Å². The van der Waals surface area contributed by atoms with E-state index < -0.39 is 0 Å². The van der Waals surface area contributed by atoms with Gasteiger partial charge in [0.2, 0.25) is 0 Å². The number of aromatic nitrogens is 1. The van der Waals surface area contributed by atoms with Crippen LogP contribution in [-0.4, -0.2) is 30.8 Å². The molecule has 2 atom stereocenters. The Balaban J connectivity index is 1.62. The third-order valence-corrected chi connectivity index (χ3v) is 5.24. The average molecular weight is 338 g/mol. The summed E-state index contributed by atoms with van der Waals surface area (Å²) in [6.45, 7) is 2.39. The Morgan fingerprint density at radius 3 is 2.68 bits per heavy atom. The zero-order valence-corrected chi connectivity index (χ0v) is 14.6. The molecule has 1 aliphatic heterocycles. The monoisotopic (exact) mass is 338 g/mol. The second kappa shape index (κ2) is 7.98. The van der Waals surface area contributed by atoms with Crippen LogP contribution in [0.25, 0.3) is 0 Å². The van der Waals surface area contributed by atoms with Crippen molar-refractivity contribution in [2.24, 2.45) is 0 Å². The summed E-state index contributed by atoms with van der Waals surface area (Å²) in [6, 6.07) is 14.5. The van der Waals surface area contributed by atoms with Gasteiger partial charge in [0.05, 0.1) is 12.3 Å². The van der Waals surface area contributed by atoms with E-state index in [2.05, 4.69) is 34.6 Å². The van der Waals surface area contributed by atoms with Crippen molar-refractivity contribution in [2.45, 2.75) is 43.8 Å². The van der Waals surface area contributed by atoms with E-state index in [4.69, 9.17) is 9.47 Å². The SMILES string of the molecule is c1ccc(C(Oc2ccccc2C2CCCC2)C2CNCCO2)nc1. The number of para-hydroxylation sites is 1. The third-order valence-electron chi connectivity index (χ3n) is 5.24. The van der Waals surface area contributed by atoms with Crippen molar-refractivity contribution in [3.63, 3.8) is 0 Å². The number of ether oxygens (including phenoxy) is 2. The summed E-state index contributed by atoms with van der Waals surface area (Å²) in [6.07, 6.45) is 6.75. The zero-order chi connectivity index (χ0) is 16.9. The topological polar surface area (TPSA) is 43.4 Å². The first-order valence-corrected chi connectivity index (χ1v) is 9.40. The molecule has 1 aromatic carbocycles. The van der Waals surface area contributed by atoms with E-state index in [0.717, 1.165) is 24.5 Å². The van der Waals surface area contributed by atoms with Crippen LogP contribution in [0.2, 0.25) is 0 Å². The molecule has 0 spiro atoms. The van der Waals surface area contributed by atoms with Gasteiger partial charge in [-0.1, -0.05) is 37.1 Å². The van der Waals surface area contributed by atoms with Gasteiger partial charge in [0.25, 0.3) is 0 Å². The van der Waals surface area contributed by atoms with E-state index in [1.165, 1.54) is 31.2 Å². The molecular weight excluding hydrogens is 312 g/mol. The number of rotatable bonds is 5. The minimum absolute atomic E-state index is 0.0275. The van der Waals surface area contributed by atoms with Crippen LogP contribution < -0.4 is 10.1 Å². The summed E-state index contributed by atoms with van der Waals surface area (Å²) in [5.41, 5.74) is 2.27. The molecule has 4 rings (SSSR count). The molecule has 2 unspecified atom stereocenters. The fourth-order valence-electron chi connectivity index (χ4n) is 3.95. The Labute approximate surface area is 149 Å². The molecule has 1 aliphatic carbocycles. The molecule has 1 aromatic heterocycles. The number of benzene rings is 1. The van der Waals surface area contributed by atoms with Crippen molar-refractivity contribution < 1.29 is 9.47 Å². The predicted octanol–water partition coefficient (Wildman–Crippen LogP) is 3.85. The zero-order valence-electron chi connectivity index (χ0n) is 14.6. The van der Waals surface area contributed by atoms with Gasteiger partial charge in [0.15, 0.2) is 6.10 Å². The molecule has 25 heavy (non-hydrogen) atoms. The van der Waals surface area contributed by atoms with Gasteiger partial charge in [0.1, 0.15) is 11.9 Å². The third kappa shape index (κ3) is 3.86. The number of hydrogen-bond acceptors (Lipinski definition) is 4. The van der Waals surface area contributed by atoms with Crippen molar-refractivity contribution in [1.82, 2.24) is 10.3 Å². The first-order valence-electron chi connectivity index (χ1n) is 9.40. The maximum atomic E-state index is 6.56. The summed E-state index contributed by atoms with van der Waals surface area (Å²) < 4.78 is 12.6. The van der Waals surface area contributed by atoms with Crippen LogP contribution in [0.15, 0.2) is 48.7 Å². The Morgan fingerprint density at radius 2 is 1.92 bits per heavy atom. The highest BCUT2D eigenvalue weighted by Crippen LogP contribution is 2.40. The van der Waals surface area contributed by atoms with Gasteiger partial charge in [-0.15, -0.1) is 0 Å². The lowest BCUT2D eigenvalue weighted by Gasteiger charge is -2.32. The van der Waals surface area contributed by atoms with Crippen molar-refractivity contribution in [2.75, 3.05) is 19.7 Å². The molecular formula is C21H26N2O2. The van der Waals surface area contributed by atoms with Gasteiger partial charge in [-0.3, -0.25) is 4.98 Å². The van der Waals surface area contributed by atoms with Gasteiger partial charge in [0, 0.05) is 19.3 Å². The molecule has 1 N–H and O–H groups in total. The van der Waals surface area contributed by atoms with Crippen LogP contribution in [0, 0.1) is 0 Å². The number of nitrogens with one attached hydrogen (secondary N) is 1. The Kier molecular flexibility index (Phi) is 5.28. The number of nitrogens with zero attached hydrogens (tertiary/aromatic N) is 1. The van der Waals surface area contributed by atoms with Crippen molar-refractivity contribution >= 4 is 0 Å². The molecule has 2 heterocycles. The molecule has 2 aromatic rings. The average Bonchev–Trinajstić information content (AvgIpc) is 3.22. The predicted molar refractivity (Wildman–Crippen MR) is 97.9 cm³/mol. The summed E-state index contributed by atoms with van der Waals surface area (Å²) in [7, 11) is 0. The van der Waals surface area contributed by atoms with E-state index >= 15 is 0 Å². The highest BCUT2D eigenvalue weighted by Gasteiger charge is 2.30. The van der Waals surface area contributed by atoms with E-state index in [1.54, 1.807) is 0 Å². The number of hydrogen-bond donors (Lipinski definition) is 1. The first kappa shape index (κ1) is 16.6. The smallest absolute Gasteiger partial charge is 0.168 e. The lowest BCUT2D eigenvalue weighted by atomic mass is 9.96. The van der Waals surface area contributed by atoms with Crippen LogP contribution in [0.3, 0.4) is 0 Å². The molecule has 132 valence electrons. The Bertz CT molecular complexity index is 665. The summed E-state index contributed by atoms with van der Waals surface area (Å²) in [5, 5.41) is 3.41. The number of morpholine rings is 1. The minimum Gasteiger partial charge on any atom is -0.481 e. The molecule has 0 amide bonds. The largest absolute Gasteiger partial charge is 0.481 e. The lowest BCUT2D eigenvalue weighted by molar-refractivity contribution is -0.0450. The quantitative estimate of drug-likeness (QED) is 0.899. The van der Waals surface area contributed by atoms with Gasteiger partial charge in [-0.25, -0.2) is 0 Å². The van der Waals surface area contributed by atoms with Crippen LogP contribution >= 0.6 is 0 Å². The van der Waals surface area contributed by atoms with E-state index in [9.17, 15) is 0 Å². The Hall–Kier alpha value is -1.91. The molecule has 1 saturated carbocycles. The van der Waals surface area contributed by atoms with Gasteiger partial charge in [-0.05, 0) is 42.5 Å². The van der Waals surface area contributed by atoms with Gasteiger partial charge in [-0.2, -0.15) is 0 Å². The van der Waals surface area contributed by atoms with Crippen LogP contribution in [0.5, 0.6) is 5.75 Å². The number of pyridine rings is 1. The maximum Gasteiger partial charge on any atom is 0.168 e. The fourth-order valence-corrected chi connectivity index (χ4v) is 3.95. The molecule has 0 bridgehead atoms. The van der Waals surface area contributed by atoms with Crippen molar-refractivity contribution in [3.8, 4) is 5.75 Å².